The van der Waals surface area contributed by atoms with Crippen molar-refractivity contribution in [1.82, 2.24) is 4.98 Å². The van der Waals surface area contributed by atoms with E-state index >= 15 is 0 Å². The molecule has 0 aliphatic heterocycles. The number of nitrogens with zero attached hydrogens (tertiary/aromatic N) is 1. The Kier molecular flexibility index (Phi) is 3.89. The minimum absolute atomic E-state index is 0.0904. The lowest BCUT2D eigenvalue weighted by atomic mass is 9.85. The average Bonchev–Trinajstić information content (AvgIpc) is 2.29. The van der Waals surface area contributed by atoms with Crippen LogP contribution in [0.1, 0.15) is 32.0 Å². The van der Waals surface area contributed by atoms with Crippen molar-refractivity contribution in [2.75, 3.05) is 0 Å². The number of aromatic nitrogens is 1. The average molecular weight is 294 g/mol. The highest BCUT2D eigenvalue weighted by atomic mass is 35.5. The molecular weight excluding hydrogens is 277 g/mol. The van der Waals surface area contributed by atoms with Gasteiger partial charge in [0, 0.05) is 21.8 Å². The molecule has 2 rings (SSSR count). The molecule has 1 heterocycles. The van der Waals surface area contributed by atoms with E-state index in [0.717, 1.165) is 21.8 Å². The van der Waals surface area contributed by atoms with Gasteiger partial charge in [-0.3, -0.25) is 0 Å². The Morgan fingerprint density at radius 2 is 1.63 bits per heavy atom. The minimum Gasteiger partial charge on any atom is -0.241 e. The number of hydrogen-bond acceptors (Lipinski definition) is 1. The number of aryl methyl sites for hydroxylation is 1. The summed E-state index contributed by atoms with van der Waals surface area (Å²) in [6.45, 7) is 8.51. The van der Waals surface area contributed by atoms with Crippen molar-refractivity contribution in [2.24, 2.45) is 0 Å². The van der Waals surface area contributed by atoms with Crippen molar-refractivity contribution < 1.29 is 0 Å². The molecular formula is C16H17Cl2N. The van der Waals surface area contributed by atoms with Crippen LogP contribution in [0.15, 0.2) is 30.3 Å². The van der Waals surface area contributed by atoms with Crippen LogP contribution in [0.5, 0.6) is 0 Å². The molecule has 0 N–H and O–H groups in total. The highest BCUT2D eigenvalue weighted by Gasteiger charge is 2.16. The molecule has 1 aromatic carbocycles. The van der Waals surface area contributed by atoms with E-state index in [1.54, 1.807) is 6.07 Å². The van der Waals surface area contributed by atoms with E-state index in [0.29, 0.717) is 5.15 Å². The molecule has 1 nitrogen and oxygen atoms in total. The van der Waals surface area contributed by atoms with E-state index in [1.165, 1.54) is 5.56 Å². The number of hydrogen-bond donors (Lipinski definition) is 0. The molecule has 19 heavy (non-hydrogen) atoms. The summed E-state index contributed by atoms with van der Waals surface area (Å²) in [7, 11) is 0. The number of halogens is 2. The summed E-state index contributed by atoms with van der Waals surface area (Å²) in [6.07, 6.45) is 0. The highest BCUT2D eigenvalue weighted by molar-refractivity contribution is 6.33. The zero-order valence-electron chi connectivity index (χ0n) is 11.6. The third kappa shape index (κ3) is 3.10. The monoisotopic (exact) mass is 293 g/mol. The first-order valence-corrected chi connectivity index (χ1v) is 6.98. The van der Waals surface area contributed by atoms with Gasteiger partial charge in [0.05, 0.1) is 0 Å². The zero-order chi connectivity index (χ0) is 14.2. The van der Waals surface area contributed by atoms with E-state index in [1.807, 2.05) is 19.1 Å². The number of pyridine rings is 1. The molecule has 2 aromatic rings. The van der Waals surface area contributed by atoms with E-state index in [9.17, 15) is 0 Å². The van der Waals surface area contributed by atoms with Crippen molar-refractivity contribution in [3.63, 3.8) is 0 Å². The fraction of sp³-hybridized carbons (Fsp3) is 0.312. The first-order valence-electron chi connectivity index (χ1n) is 6.22. The quantitative estimate of drug-likeness (QED) is 0.618. The third-order valence-corrected chi connectivity index (χ3v) is 3.71. The topological polar surface area (TPSA) is 12.9 Å². The molecule has 0 amide bonds. The molecule has 0 radical (unpaired) electrons. The van der Waals surface area contributed by atoms with E-state index in [-0.39, 0.29) is 5.41 Å². The predicted molar refractivity (Wildman–Crippen MR) is 83.1 cm³/mol. The molecule has 0 spiro atoms. The Labute approximate surface area is 124 Å². The lowest BCUT2D eigenvalue weighted by molar-refractivity contribution is 0.590. The summed E-state index contributed by atoms with van der Waals surface area (Å²) in [4.78, 5) is 4.29. The number of rotatable bonds is 1. The van der Waals surface area contributed by atoms with Crippen LogP contribution >= 0.6 is 23.2 Å². The molecule has 100 valence electrons. The Hall–Kier alpha value is -1.05. The van der Waals surface area contributed by atoms with Gasteiger partial charge in [-0.05, 0) is 42.2 Å². The van der Waals surface area contributed by atoms with Crippen LogP contribution in [0.25, 0.3) is 11.1 Å². The van der Waals surface area contributed by atoms with Gasteiger partial charge < -0.3 is 0 Å². The Morgan fingerprint density at radius 1 is 0.947 bits per heavy atom. The van der Waals surface area contributed by atoms with Gasteiger partial charge in [0.2, 0.25) is 0 Å². The summed E-state index contributed by atoms with van der Waals surface area (Å²) in [6, 6.07) is 9.93. The predicted octanol–water partition coefficient (Wildman–Crippen LogP) is 5.66. The smallest absolute Gasteiger partial charge is 0.129 e. The van der Waals surface area contributed by atoms with Crippen LogP contribution in [-0.4, -0.2) is 4.98 Å². The fourth-order valence-electron chi connectivity index (χ4n) is 2.01. The maximum atomic E-state index is 6.33. The van der Waals surface area contributed by atoms with Crippen molar-refractivity contribution in [1.29, 1.82) is 0 Å². The Bertz CT molecular complexity index is 613. The second-order valence-corrected chi connectivity index (χ2v) is 6.51. The fourth-order valence-corrected chi connectivity index (χ4v) is 2.42. The van der Waals surface area contributed by atoms with Gasteiger partial charge in [-0.15, -0.1) is 0 Å². The molecule has 0 saturated carbocycles. The van der Waals surface area contributed by atoms with Crippen LogP contribution in [0.3, 0.4) is 0 Å². The summed E-state index contributed by atoms with van der Waals surface area (Å²) < 4.78 is 0. The zero-order valence-corrected chi connectivity index (χ0v) is 13.1. The minimum atomic E-state index is 0.0904. The summed E-state index contributed by atoms with van der Waals surface area (Å²) in [5.41, 5.74) is 4.27. The van der Waals surface area contributed by atoms with Crippen LogP contribution in [0.2, 0.25) is 10.2 Å². The molecule has 0 unspecified atom stereocenters. The Balaban J connectivity index is 2.61. The molecule has 0 fully saturated rings. The largest absolute Gasteiger partial charge is 0.241 e. The van der Waals surface area contributed by atoms with Crippen LogP contribution in [-0.2, 0) is 5.41 Å². The van der Waals surface area contributed by atoms with Gasteiger partial charge in [-0.2, -0.15) is 0 Å². The SMILES string of the molecule is Cc1nc(Cl)ccc1-c1cc(C(C)(C)C)ccc1Cl. The first-order chi connectivity index (χ1) is 8.79. The summed E-state index contributed by atoms with van der Waals surface area (Å²) in [5.74, 6) is 0. The maximum Gasteiger partial charge on any atom is 0.129 e. The van der Waals surface area contributed by atoms with Crippen LogP contribution in [0.4, 0.5) is 0 Å². The van der Waals surface area contributed by atoms with Crippen molar-refractivity contribution in [2.45, 2.75) is 33.1 Å². The van der Waals surface area contributed by atoms with Crippen molar-refractivity contribution in [3.05, 3.63) is 51.8 Å². The normalized spacial score (nSPS) is 11.7. The summed E-state index contributed by atoms with van der Waals surface area (Å²) in [5, 5.41) is 1.24. The van der Waals surface area contributed by atoms with E-state index < -0.39 is 0 Å². The Morgan fingerprint density at radius 3 is 2.21 bits per heavy atom. The van der Waals surface area contributed by atoms with Gasteiger partial charge in [0.25, 0.3) is 0 Å². The molecule has 0 bridgehead atoms. The van der Waals surface area contributed by atoms with Gasteiger partial charge in [-0.25, -0.2) is 4.98 Å². The van der Waals surface area contributed by atoms with Crippen LogP contribution < -0.4 is 0 Å². The molecule has 0 atom stereocenters. The standard InChI is InChI=1S/C16H17Cl2N/c1-10-12(6-8-15(18)19-10)13-9-11(16(2,3)4)5-7-14(13)17/h5-9H,1-4H3. The molecule has 3 heteroatoms. The number of benzene rings is 1. The molecule has 1 aromatic heterocycles. The van der Waals surface area contributed by atoms with Gasteiger partial charge >= 0.3 is 0 Å². The second-order valence-electron chi connectivity index (χ2n) is 5.71. The molecule has 0 aliphatic carbocycles. The van der Waals surface area contributed by atoms with E-state index in [2.05, 4.69) is 37.9 Å². The highest BCUT2D eigenvalue weighted by Crippen LogP contribution is 2.34. The van der Waals surface area contributed by atoms with E-state index in [4.69, 9.17) is 23.2 Å². The second kappa shape index (κ2) is 5.15. The lowest BCUT2D eigenvalue weighted by Gasteiger charge is -2.20. The lowest BCUT2D eigenvalue weighted by Crippen LogP contribution is -2.11. The van der Waals surface area contributed by atoms with Crippen molar-refractivity contribution in [3.8, 4) is 11.1 Å². The third-order valence-electron chi connectivity index (χ3n) is 3.17. The van der Waals surface area contributed by atoms with Crippen LogP contribution in [0, 0.1) is 6.92 Å². The van der Waals surface area contributed by atoms with Gasteiger partial charge in [0.15, 0.2) is 0 Å². The van der Waals surface area contributed by atoms with Gasteiger partial charge in [0.1, 0.15) is 5.15 Å². The molecule has 0 saturated heterocycles. The molecule has 0 aliphatic rings. The maximum absolute atomic E-state index is 6.33. The van der Waals surface area contributed by atoms with Crippen molar-refractivity contribution >= 4 is 23.2 Å². The first kappa shape index (κ1) is 14.4. The summed E-state index contributed by atoms with van der Waals surface area (Å²) >= 11 is 12.2. The van der Waals surface area contributed by atoms with Gasteiger partial charge in [-0.1, -0.05) is 50.0 Å².